The van der Waals surface area contributed by atoms with E-state index in [1.165, 1.54) is 37.8 Å². The van der Waals surface area contributed by atoms with E-state index < -0.39 is 0 Å². The maximum Gasteiger partial charge on any atom is 0.191 e. The van der Waals surface area contributed by atoms with Crippen LogP contribution in [0, 0.1) is 5.92 Å². The van der Waals surface area contributed by atoms with Crippen LogP contribution in [0.15, 0.2) is 29.3 Å². The largest absolute Gasteiger partial charge is 0.497 e. The molecule has 32 heavy (non-hydrogen) atoms. The zero-order valence-electron chi connectivity index (χ0n) is 19.6. The number of halogens is 1. The van der Waals surface area contributed by atoms with Gasteiger partial charge < -0.3 is 20.1 Å². The summed E-state index contributed by atoms with van der Waals surface area (Å²) in [5.41, 5.74) is 1.29. The minimum absolute atomic E-state index is 0. The first-order valence-electron chi connectivity index (χ1n) is 11.9. The highest BCUT2D eigenvalue weighted by Gasteiger charge is 2.33. The number of nitrogens with one attached hydrogen (secondary N) is 2. The Kier molecular flexibility index (Phi) is 10.3. The van der Waals surface area contributed by atoms with E-state index in [4.69, 9.17) is 9.47 Å². The Balaban J connectivity index is 0.00000289. The Morgan fingerprint density at radius 2 is 1.88 bits per heavy atom. The molecule has 2 saturated carbocycles. The van der Waals surface area contributed by atoms with Gasteiger partial charge in [-0.05, 0) is 49.3 Å². The number of morpholine rings is 1. The van der Waals surface area contributed by atoms with Gasteiger partial charge in [-0.15, -0.1) is 24.0 Å². The second kappa shape index (κ2) is 13.0. The number of guanidine groups is 1. The molecule has 3 fully saturated rings. The van der Waals surface area contributed by atoms with Crippen molar-refractivity contribution in [2.75, 3.05) is 66.6 Å². The first-order chi connectivity index (χ1) is 15.3. The number of ether oxygens (including phenoxy) is 2. The zero-order chi connectivity index (χ0) is 21.5. The van der Waals surface area contributed by atoms with E-state index in [9.17, 15) is 0 Å². The summed E-state index contributed by atoms with van der Waals surface area (Å²) in [7, 11) is 3.57. The normalized spacial score (nSPS) is 20.5. The molecule has 0 aromatic heterocycles. The minimum atomic E-state index is 0. The lowest BCUT2D eigenvalue weighted by molar-refractivity contribution is 0.0170. The first-order valence-corrected chi connectivity index (χ1v) is 11.9. The van der Waals surface area contributed by atoms with E-state index in [1.54, 1.807) is 7.11 Å². The van der Waals surface area contributed by atoms with E-state index in [1.807, 2.05) is 19.2 Å². The fraction of sp³-hybridized carbons (Fsp3) is 0.708. The van der Waals surface area contributed by atoms with Gasteiger partial charge in [-0.3, -0.25) is 14.8 Å². The van der Waals surface area contributed by atoms with Crippen LogP contribution in [0.3, 0.4) is 0 Å². The molecule has 180 valence electrons. The van der Waals surface area contributed by atoms with Crippen molar-refractivity contribution >= 4 is 29.9 Å². The van der Waals surface area contributed by atoms with Crippen LogP contribution in [0.25, 0.3) is 0 Å². The molecule has 2 N–H and O–H groups in total. The van der Waals surface area contributed by atoms with Crippen LogP contribution in [0.1, 0.15) is 37.3 Å². The average Bonchev–Trinajstić information content (AvgIpc) is 3.73. The van der Waals surface area contributed by atoms with Crippen molar-refractivity contribution in [3.05, 3.63) is 29.8 Å². The Labute approximate surface area is 210 Å². The van der Waals surface area contributed by atoms with Crippen LogP contribution >= 0.6 is 24.0 Å². The monoisotopic (exact) mass is 557 g/mol. The summed E-state index contributed by atoms with van der Waals surface area (Å²) in [6.45, 7) is 7.61. The molecule has 0 bridgehead atoms. The van der Waals surface area contributed by atoms with Crippen molar-refractivity contribution in [3.8, 4) is 5.75 Å². The molecule has 0 radical (unpaired) electrons. The van der Waals surface area contributed by atoms with Crippen LogP contribution < -0.4 is 15.4 Å². The summed E-state index contributed by atoms with van der Waals surface area (Å²) in [6.07, 6.45) is 5.61. The predicted octanol–water partition coefficient (Wildman–Crippen LogP) is 2.73. The standard InChI is InChI=1S/C24H39N5O2.HI/c1-25-24(26-11-12-29(21-7-8-21)18-19-3-4-19)27-17-23(28-13-15-31-16-14-28)20-5-9-22(30-2)10-6-20;/h5-6,9-10,19,21,23H,3-4,7-8,11-18H2,1-2H3,(H2,25,26,27);1H. The van der Waals surface area contributed by atoms with Crippen LogP contribution in [0.5, 0.6) is 5.75 Å². The molecule has 4 rings (SSSR count). The third kappa shape index (κ3) is 7.74. The van der Waals surface area contributed by atoms with Crippen molar-refractivity contribution < 1.29 is 9.47 Å². The van der Waals surface area contributed by atoms with Crippen molar-refractivity contribution in [1.82, 2.24) is 20.4 Å². The van der Waals surface area contributed by atoms with Crippen LogP contribution in [0.4, 0.5) is 0 Å². The molecule has 2 aliphatic carbocycles. The second-order valence-corrected chi connectivity index (χ2v) is 8.99. The van der Waals surface area contributed by atoms with Gasteiger partial charge in [0.05, 0.1) is 26.4 Å². The number of hydrogen-bond donors (Lipinski definition) is 2. The number of benzene rings is 1. The van der Waals surface area contributed by atoms with Crippen LogP contribution in [-0.2, 0) is 4.74 Å². The summed E-state index contributed by atoms with van der Waals surface area (Å²) in [5, 5.41) is 7.11. The van der Waals surface area contributed by atoms with Gasteiger partial charge in [-0.25, -0.2) is 0 Å². The van der Waals surface area contributed by atoms with Crippen LogP contribution in [-0.4, -0.2) is 88.4 Å². The van der Waals surface area contributed by atoms with Gasteiger partial charge in [-0.2, -0.15) is 0 Å². The fourth-order valence-electron chi connectivity index (χ4n) is 4.40. The molecular formula is C24H40IN5O2. The topological polar surface area (TPSA) is 61.4 Å². The number of rotatable bonds is 11. The molecule has 1 aliphatic heterocycles. The molecule has 0 amide bonds. The summed E-state index contributed by atoms with van der Waals surface area (Å²) >= 11 is 0. The SMILES string of the molecule is CN=C(NCCN(CC1CC1)C1CC1)NCC(c1ccc(OC)cc1)N1CCOCC1.I. The van der Waals surface area contributed by atoms with E-state index >= 15 is 0 Å². The molecular weight excluding hydrogens is 517 g/mol. The second-order valence-electron chi connectivity index (χ2n) is 8.99. The quantitative estimate of drug-likeness (QED) is 0.248. The van der Waals surface area contributed by atoms with Gasteiger partial charge in [0.15, 0.2) is 5.96 Å². The minimum Gasteiger partial charge on any atom is -0.497 e. The molecule has 1 atom stereocenters. The summed E-state index contributed by atoms with van der Waals surface area (Å²) in [5.74, 6) is 2.73. The van der Waals surface area contributed by atoms with E-state index in [-0.39, 0.29) is 30.0 Å². The maximum absolute atomic E-state index is 5.58. The average molecular weight is 558 g/mol. The fourth-order valence-corrected chi connectivity index (χ4v) is 4.40. The van der Waals surface area contributed by atoms with E-state index in [0.717, 1.165) is 69.6 Å². The number of methoxy groups -OCH3 is 1. The molecule has 8 heteroatoms. The highest BCUT2D eigenvalue weighted by atomic mass is 127. The number of nitrogens with zero attached hydrogens (tertiary/aromatic N) is 3. The van der Waals surface area contributed by atoms with E-state index in [2.05, 4.69) is 37.6 Å². The van der Waals surface area contributed by atoms with Crippen molar-refractivity contribution in [2.24, 2.45) is 10.9 Å². The van der Waals surface area contributed by atoms with Gasteiger partial charge in [0, 0.05) is 52.4 Å². The lowest BCUT2D eigenvalue weighted by atomic mass is 10.0. The molecule has 1 aromatic rings. The Morgan fingerprint density at radius 1 is 1.16 bits per heavy atom. The highest BCUT2D eigenvalue weighted by Crippen LogP contribution is 2.34. The van der Waals surface area contributed by atoms with Gasteiger partial charge in [-0.1, -0.05) is 12.1 Å². The summed E-state index contributed by atoms with van der Waals surface area (Å²) < 4.78 is 10.9. The van der Waals surface area contributed by atoms with Crippen LogP contribution in [0.2, 0.25) is 0 Å². The molecule has 1 saturated heterocycles. The molecule has 0 spiro atoms. The third-order valence-corrected chi connectivity index (χ3v) is 6.62. The van der Waals surface area contributed by atoms with Crippen molar-refractivity contribution in [3.63, 3.8) is 0 Å². The Bertz CT molecular complexity index is 703. The Morgan fingerprint density at radius 3 is 2.47 bits per heavy atom. The predicted molar refractivity (Wildman–Crippen MR) is 140 cm³/mol. The Hall–Kier alpha value is -1.10. The lowest BCUT2D eigenvalue weighted by Gasteiger charge is -2.35. The van der Waals surface area contributed by atoms with Crippen molar-refractivity contribution in [2.45, 2.75) is 37.8 Å². The lowest BCUT2D eigenvalue weighted by Crippen LogP contribution is -2.47. The number of aliphatic imine (C=N–C) groups is 1. The smallest absolute Gasteiger partial charge is 0.191 e. The summed E-state index contributed by atoms with van der Waals surface area (Å²) in [6, 6.07) is 9.53. The molecule has 7 nitrogen and oxygen atoms in total. The molecule has 3 aliphatic rings. The summed E-state index contributed by atoms with van der Waals surface area (Å²) in [4.78, 5) is 9.65. The molecule has 1 unspecified atom stereocenters. The van der Waals surface area contributed by atoms with Gasteiger partial charge in [0.2, 0.25) is 0 Å². The molecule has 1 heterocycles. The van der Waals surface area contributed by atoms with Gasteiger partial charge in [0.25, 0.3) is 0 Å². The highest BCUT2D eigenvalue weighted by molar-refractivity contribution is 14.0. The van der Waals surface area contributed by atoms with Gasteiger partial charge in [0.1, 0.15) is 5.75 Å². The number of hydrogen-bond acceptors (Lipinski definition) is 5. The molecule has 1 aromatic carbocycles. The van der Waals surface area contributed by atoms with Crippen molar-refractivity contribution in [1.29, 1.82) is 0 Å². The van der Waals surface area contributed by atoms with E-state index in [0.29, 0.717) is 0 Å². The first kappa shape index (κ1) is 25.5. The zero-order valence-corrected chi connectivity index (χ0v) is 21.9. The third-order valence-electron chi connectivity index (χ3n) is 6.62. The van der Waals surface area contributed by atoms with Gasteiger partial charge >= 0.3 is 0 Å². The maximum atomic E-state index is 5.58.